The Balaban J connectivity index is 0.00000264. The summed E-state index contributed by atoms with van der Waals surface area (Å²) in [5.74, 6) is 2.17. The van der Waals surface area contributed by atoms with Gasteiger partial charge in [0.25, 0.3) is 0 Å². The minimum Gasteiger partial charge on any atom is -0.490 e. The fraction of sp³-hybridized carbons (Fsp3) is 0.588. The lowest BCUT2D eigenvalue weighted by Gasteiger charge is -2.16. The molecule has 5 nitrogen and oxygen atoms in total. The van der Waals surface area contributed by atoms with Gasteiger partial charge in [0.2, 0.25) is 5.91 Å². The highest BCUT2D eigenvalue weighted by molar-refractivity contribution is 5.85. The van der Waals surface area contributed by atoms with E-state index in [0.717, 1.165) is 31.0 Å². The quantitative estimate of drug-likeness (QED) is 0.737. The molecular weight excluding hydrogens is 316 g/mol. The fourth-order valence-electron chi connectivity index (χ4n) is 2.66. The third-order valence-corrected chi connectivity index (χ3v) is 3.91. The van der Waals surface area contributed by atoms with Crippen LogP contribution in [0.15, 0.2) is 24.3 Å². The van der Waals surface area contributed by atoms with Crippen molar-refractivity contribution in [2.45, 2.75) is 26.2 Å². The average Bonchev–Trinajstić information content (AvgIpc) is 3.02. The zero-order valence-corrected chi connectivity index (χ0v) is 14.5. The van der Waals surface area contributed by atoms with E-state index >= 15 is 0 Å². The van der Waals surface area contributed by atoms with Crippen LogP contribution in [0.4, 0.5) is 0 Å². The number of likely N-dealkylation sites (tertiary alicyclic amines) is 1. The fourth-order valence-corrected chi connectivity index (χ4v) is 2.66. The standard InChI is InChI=1S/C17H26N2O3.ClH/c1-2-21-15-6-3-4-7-16(15)22-11-5-8-17(20)19-10-9-14(12-18)13-19;/h3-4,6-7,14H,2,5,8-13,18H2,1H3;1H. The number of carbonyl (C=O) groups excluding carboxylic acids is 1. The van der Waals surface area contributed by atoms with Crippen LogP contribution < -0.4 is 15.2 Å². The number of ether oxygens (including phenoxy) is 2. The number of nitrogens with two attached hydrogens (primary N) is 1. The van der Waals surface area contributed by atoms with Crippen molar-refractivity contribution in [3.63, 3.8) is 0 Å². The van der Waals surface area contributed by atoms with Gasteiger partial charge in [0, 0.05) is 19.5 Å². The van der Waals surface area contributed by atoms with Gasteiger partial charge >= 0.3 is 0 Å². The van der Waals surface area contributed by atoms with E-state index in [9.17, 15) is 4.79 Å². The first-order valence-corrected chi connectivity index (χ1v) is 8.07. The number of para-hydroxylation sites is 2. The largest absolute Gasteiger partial charge is 0.490 e. The van der Waals surface area contributed by atoms with Crippen LogP contribution in [0.25, 0.3) is 0 Å². The molecule has 1 heterocycles. The van der Waals surface area contributed by atoms with Crippen LogP contribution in [0.2, 0.25) is 0 Å². The minimum atomic E-state index is 0. The first-order chi connectivity index (χ1) is 10.7. The number of carbonyl (C=O) groups is 1. The second-order valence-electron chi connectivity index (χ2n) is 5.56. The van der Waals surface area contributed by atoms with E-state index in [1.165, 1.54) is 0 Å². The maximum atomic E-state index is 12.1. The average molecular weight is 343 g/mol. The van der Waals surface area contributed by atoms with Gasteiger partial charge in [-0.3, -0.25) is 4.79 Å². The lowest BCUT2D eigenvalue weighted by atomic mass is 10.1. The van der Waals surface area contributed by atoms with Gasteiger partial charge in [-0.05, 0) is 44.4 Å². The van der Waals surface area contributed by atoms with Gasteiger partial charge in [0.1, 0.15) is 0 Å². The zero-order chi connectivity index (χ0) is 15.8. The molecule has 1 aromatic rings. The molecule has 1 amide bonds. The molecule has 0 radical (unpaired) electrons. The molecule has 1 aromatic carbocycles. The molecule has 23 heavy (non-hydrogen) atoms. The zero-order valence-electron chi connectivity index (χ0n) is 13.7. The third-order valence-electron chi connectivity index (χ3n) is 3.91. The molecular formula is C17H27ClN2O3. The van der Waals surface area contributed by atoms with Crippen LogP contribution in [-0.2, 0) is 4.79 Å². The van der Waals surface area contributed by atoms with Crippen molar-refractivity contribution >= 4 is 18.3 Å². The molecule has 130 valence electrons. The molecule has 0 spiro atoms. The Bertz CT molecular complexity index is 485. The molecule has 1 aliphatic heterocycles. The van der Waals surface area contributed by atoms with E-state index in [2.05, 4.69) is 0 Å². The SMILES string of the molecule is CCOc1ccccc1OCCCC(=O)N1CCC(CN)C1.Cl. The number of hydrogen-bond donors (Lipinski definition) is 1. The highest BCUT2D eigenvalue weighted by Crippen LogP contribution is 2.26. The number of halogens is 1. The van der Waals surface area contributed by atoms with Crippen LogP contribution >= 0.6 is 12.4 Å². The molecule has 2 rings (SSSR count). The highest BCUT2D eigenvalue weighted by Gasteiger charge is 2.24. The molecule has 0 bridgehead atoms. The van der Waals surface area contributed by atoms with Crippen molar-refractivity contribution < 1.29 is 14.3 Å². The highest BCUT2D eigenvalue weighted by atomic mass is 35.5. The van der Waals surface area contributed by atoms with E-state index in [-0.39, 0.29) is 18.3 Å². The summed E-state index contributed by atoms with van der Waals surface area (Å²) in [6.07, 6.45) is 2.26. The van der Waals surface area contributed by atoms with E-state index < -0.39 is 0 Å². The second kappa shape index (κ2) is 10.3. The molecule has 6 heteroatoms. The third kappa shape index (κ3) is 5.92. The summed E-state index contributed by atoms with van der Waals surface area (Å²) in [7, 11) is 0. The summed E-state index contributed by atoms with van der Waals surface area (Å²) >= 11 is 0. The van der Waals surface area contributed by atoms with Crippen molar-refractivity contribution in [2.75, 3.05) is 32.8 Å². The van der Waals surface area contributed by atoms with Gasteiger partial charge in [-0.2, -0.15) is 0 Å². The van der Waals surface area contributed by atoms with Crippen molar-refractivity contribution in [2.24, 2.45) is 11.7 Å². The van der Waals surface area contributed by atoms with Gasteiger partial charge in [0.05, 0.1) is 13.2 Å². The molecule has 0 aromatic heterocycles. The topological polar surface area (TPSA) is 64.8 Å². The van der Waals surface area contributed by atoms with Crippen molar-refractivity contribution in [1.29, 1.82) is 0 Å². The van der Waals surface area contributed by atoms with Gasteiger partial charge in [0.15, 0.2) is 11.5 Å². The number of benzene rings is 1. The lowest BCUT2D eigenvalue weighted by Crippen LogP contribution is -2.29. The van der Waals surface area contributed by atoms with Crippen molar-refractivity contribution in [3.05, 3.63) is 24.3 Å². The van der Waals surface area contributed by atoms with E-state index in [1.54, 1.807) is 0 Å². The summed E-state index contributed by atoms with van der Waals surface area (Å²) < 4.78 is 11.2. The van der Waals surface area contributed by atoms with Crippen molar-refractivity contribution in [3.8, 4) is 11.5 Å². The van der Waals surface area contributed by atoms with E-state index in [1.807, 2.05) is 36.1 Å². The maximum absolute atomic E-state index is 12.1. The molecule has 0 saturated carbocycles. The van der Waals surface area contributed by atoms with Crippen LogP contribution in [-0.4, -0.2) is 43.7 Å². The normalized spacial score (nSPS) is 16.8. The molecule has 2 N–H and O–H groups in total. The summed E-state index contributed by atoms with van der Waals surface area (Å²) in [6, 6.07) is 7.61. The first-order valence-electron chi connectivity index (χ1n) is 8.07. The Morgan fingerprint density at radius 3 is 2.61 bits per heavy atom. The molecule has 1 fully saturated rings. The molecule has 0 aliphatic carbocycles. The summed E-state index contributed by atoms with van der Waals surface area (Å²) in [5.41, 5.74) is 5.65. The van der Waals surface area contributed by atoms with Crippen LogP contribution in [0.1, 0.15) is 26.2 Å². The monoisotopic (exact) mass is 342 g/mol. The minimum absolute atomic E-state index is 0. The Morgan fingerprint density at radius 1 is 1.30 bits per heavy atom. The van der Waals surface area contributed by atoms with Gasteiger partial charge in [-0.15, -0.1) is 12.4 Å². The predicted molar refractivity (Wildman–Crippen MR) is 93.3 cm³/mol. The summed E-state index contributed by atoms with van der Waals surface area (Å²) in [6.45, 7) is 5.39. The Labute approximate surface area is 144 Å². The van der Waals surface area contributed by atoms with Crippen molar-refractivity contribution in [1.82, 2.24) is 4.90 Å². The Hall–Kier alpha value is -1.46. The number of amides is 1. The number of nitrogens with zero attached hydrogens (tertiary/aromatic N) is 1. The summed E-state index contributed by atoms with van der Waals surface area (Å²) in [4.78, 5) is 14.0. The second-order valence-corrected chi connectivity index (χ2v) is 5.56. The van der Waals surface area contributed by atoms with E-state index in [0.29, 0.717) is 38.5 Å². The Kier molecular flexibility index (Phi) is 8.81. The molecule has 1 aliphatic rings. The van der Waals surface area contributed by atoms with Crippen LogP contribution in [0.5, 0.6) is 11.5 Å². The van der Waals surface area contributed by atoms with Gasteiger partial charge < -0.3 is 20.1 Å². The van der Waals surface area contributed by atoms with Gasteiger partial charge in [-0.1, -0.05) is 12.1 Å². The molecule has 1 atom stereocenters. The van der Waals surface area contributed by atoms with Gasteiger partial charge in [-0.25, -0.2) is 0 Å². The number of hydrogen-bond acceptors (Lipinski definition) is 4. The Morgan fingerprint density at radius 2 is 2.00 bits per heavy atom. The molecule has 1 saturated heterocycles. The summed E-state index contributed by atoms with van der Waals surface area (Å²) in [5, 5.41) is 0. The van der Waals surface area contributed by atoms with Crippen LogP contribution in [0, 0.1) is 5.92 Å². The lowest BCUT2D eigenvalue weighted by molar-refractivity contribution is -0.130. The van der Waals surface area contributed by atoms with Crippen LogP contribution in [0.3, 0.4) is 0 Å². The smallest absolute Gasteiger partial charge is 0.222 e. The number of rotatable bonds is 8. The van der Waals surface area contributed by atoms with E-state index in [4.69, 9.17) is 15.2 Å². The first kappa shape index (κ1) is 19.6. The maximum Gasteiger partial charge on any atom is 0.222 e. The molecule has 1 unspecified atom stereocenters. The predicted octanol–water partition coefficient (Wildman–Crippen LogP) is 2.47.